The van der Waals surface area contributed by atoms with E-state index in [4.69, 9.17) is 10.5 Å². The van der Waals surface area contributed by atoms with Crippen molar-refractivity contribution >= 4 is 22.7 Å². The van der Waals surface area contributed by atoms with Crippen LogP contribution < -0.4 is 5.73 Å². The van der Waals surface area contributed by atoms with Gasteiger partial charge in [-0.25, -0.2) is 4.98 Å². The minimum absolute atomic E-state index is 0.0319. The lowest BCUT2D eigenvalue weighted by Crippen LogP contribution is -2.15. The molecule has 0 aliphatic rings. The number of aromatic nitrogens is 2. The zero-order valence-electron chi connectivity index (χ0n) is 10.1. The number of nitrogen functional groups attached to an aromatic ring is 1. The predicted octanol–water partition coefficient (Wildman–Crippen LogP) is 0.674. The summed E-state index contributed by atoms with van der Waals surface area (Å²) < 4.78 is 6.53. The third-order valence-electron chi connectivity index (χ3n) is 2.59. The van der Waals surface area contributed by atoms with Crippen LogP contribution in [0.2, 0.25) is 0 Å². The van der Waals surface area contributed by atoms with Crippen LogP contribution in [0.15, 0.2) is 18.2 Å². The van der Waals surface area contributed by atoms with Crippen molar-refractivity contribution in [2.75, 3.05) is 12.3 Å². The van der Waals surface area contributed by atoms with Gasteiger partial charge in [0.05, 0.1) is 17.6 Å². The number of fused-ring (bicyclic) bond motifs is 1. The van der Waals surface area contributed by atoms with Crippen molar-refractivity contribution in [3.05, 3.63) is 24.0 Å². The summed E-state index contributed by atoms with van der Waals surface area (Å²) in [6.07, 6.45) is 0. The number of benzene rings is 1. The molecular weight excluding hydrogens is 234 g/mol. The average molecular weight is 249 g/mol. The topological polar surface area (TPSA) is 90.4 Å². The Balaban J connectivity index is 2.43. The summed E-state index contributed by atoms with van der Waals surface area (Å²) in [6.45, 7) is 1.86. The Morgan fingerprint density at radius 2 is 2.33 bits per heavy atom. The van der Waals surface area contributed by atoms with E-state index in [0.717, 1.165) is 5.52 Å². The molecule has 0 aliphatic carbocycles. The number of nitrogens with zero attached hydrogens (tertiary/aromatic N) is 2. The maximum Gasteiger partial charge on any atom is 0.326 e. The number of hydrogen-bond acceptors (Lipinski definition) is 5. The summed E-state index contributed by atoms with van der Waals surface area (Å²) in [5, 5.41) is 9.26. The van der Waals surface area contributed by atoms with Crippen molar-refractivity contribution in [2.45, 2.75) is 20.1 Å². The van der Waals surface area contributed by atoms with Gasteiger partial charge in [-0.05, 0) is 25.1 Å². The van der Waals surface area contributed by atoms with Gasteiger partial charge in [-0.1, -0.05) is 0 Å². The lowest BCUT2D eigenvalue weighted by molar-refractivity contribution is -0.143. The van der Waals surface area contributed by atoms with E-state index in [2.05, 4.69) is 4.98 Å². The zero-order valence-corrected chi connectivity index (χ0v) is 10.1. The summed E-state index contributed by atoms with van der Waals surface area (Å²) in [5.41, 5.74) is 7.67. The molecule has 0 radical (unpaired) electrons. The van der Waals surface area contributed by atoms with Crippen LogP contribution in [0, 0.1) is 0 Å². The highest BCUT2D eigenvalue weighted by Crippen LogP contribution is 2.19. The summed E-state index contributed by atoms with van der Waals surface area (Å²) in [6, 6.07) is 5.21. The molecule has 0 atom stereocenters. The molecule has 6 nitrogen and oxygen atoms in total. The van der Waals surface area contributed by atoms with Crippen LogP contribution in [-0.4, -0.2) is 27.2 Å². The first-order valence-electron chi connectivity index (χ1n) is 5.66. The van der Waals surface area contributed by atoms with Gasteiger partial charge >= 0.3 is 5.97 Å². The summed E-state index contributed by atoms with van der Waals surface area (Å²) >= 11 is 0. The molecule has 0 bridgehead atoms. The van der Waals surface area contributed by atoms with E-state index in [9.17, 15) is 9.90 Å². The molecule has 0 spiro atoms. The molecule has 1 aromatic heterocycles. The number of hydrogen-bond donors (Lipinski definition) is 2. The van der Waals surface area contributed by atoms with Gasteiger partial charge in [0.2, 0.25) is 0 Å². The molecule has 0 amide bonds. The Bertz CT molecular complexity index is 577. The van der Waals surface area contributed by atoms with E-state index in [-0.39, 0.29) is 19.1 Å². The smallest absolute Gasteiger partial charge is 0.326 e. The number of carbonyl (C=O) groups is 1. The van der Waals surface area contributed by atoms with Gasteiger partial charge in [-0.2, -0.15) is 0 Å². The fraction of sp³-hybridized carbons (Fsp3) is 0.333. The van der Waals surface area contributed by atoms with Gasteiger partial charge in [-0.15, -0.1) is 0 Å². The molecule has 6 heteroatoms. The Kier molecular flexibility index (Phi) is 3.47. The lowest BCUT2D eigenvalue weighted by atomic mass is 10.3. The van der Waals surface area contributed by atoms with Crippen molar-refractivity contribution in [3.63, 3.8) is 0 Å². The van der Waals surface area contributed by atoms with Crippen LogP contribution in [0.4, 0.5) is 5.69 Å². The molecule has 0 saturated carbocycles. The maximum atomic E-state index is 11.5. The molecular formula is C12H15N3O3. The third kappa shape index (κ3) is 2.28. The molecule has 0 aliphatic heterocycles. The van der Waals surface area contributed by atoms with E-state index in [1.54, 1.807) is 29.7 Å². The number of nitrogens with two attached hydrogens (primary N) is 1. The second kappa shape index (κ2) is 5.05. The minimum atomic E-state index is -0.358. The Hall–Kier alpha value is -2.08. The molecule has 1 aromatic carbocycles. The van der Waals surface area contributed by atoms with Crippen molar-refractivity contribution in [3.8, 4) is 0 Å². The Morgan fingerprint density at radius 3 is 3.00 bits per heavy atom. The van der Waals surface area contributed by atoms with E-state index in [1.165, 1.54) is 0 Å². The SMILES string of the molecule is CCOC(=O)Cn1c(CO)nc2cc(N)ccc21. The molecule has 0 unspecified atom stereocenters. The van der Waals surface area contributed by atoms with Gasteiger partial charge in [0.1, 0.15) is 19.0 Å². The van der Waals surface area contributed by atoms with Crippen LogP contribution in [-0.2, 0) is 22.7 Å². The highest BCUT2D eigenvalue weighted by Gasteiger charge is 2.13. The van der Waals surface area contributed by atoms with Gasteiger partial charge in [0.25, 0.3) is 0 Å². The highest BCUT2D eigenvalue weighted by molar-refractivity contribution is 5.81. The molecule has 2 rings (SSSR count). The predicted molar refractivity (Wildman–Crippen MR) is 66.7 cm³/mol. The number of carbonyl (C=O) groups excluding carboxylic acids is 1. The van der Waals surface area contributed by atoms with E-state index >= 15 is 0 Å². The van der Waals surface area contributed by atoms with Gasteiger partial charge in [-0.3, -0.25) is 4.79 Å². The Morgan fingerprint density at radius 1 is 1.56 bits per heavy atom. The van der Waals surface area contributed by atoms with Crippen LogP contribution >= 0.6 is 0 Å². The molecule has 1 heterocycles. The van der Waals surface area contributed by atoms with Crippen molar-refractivity contribution in [2.24, 2.45) is 0 Å². The number of rotatable bonds is 4. The number of esters is 1. The van der Waals surface area contributed by atoms with E-state index < -0.39 is 0 Å². The van der Waals surface area contributed by atoms with Crippen molar-refractivity contribution < 1.29 is 14.6 Å². The molecule has 2 aromatic rings. The number of aliphatic hydroxyl groups excluding tert-OH is 1. The molecule has 0 saturated heterocycles. The third-order valence-corrected chi connectivity index (χ3v) is 2.59. The fourth-order valence-electron chi connectivity index (χ4n) is 1.83. The lowest BCUT2D eigenvalue weighted by Gasteiger charge is -2.07. The number of anilines is 1. The molecule has 96 valence electrons. The fourth-order valence-corrected chi connectivity index (χ4v) is 1.83. The summed E-state index contributed by atoms with van der Waals surface area (Å²) in [4.78, 5) is 15.7. The van der Waals surface area contributed by atoms with Gasteiger partial charge in [0, 0.05) is 5.69 Å². The van der Waals surface area contributed by atoms with Gasteiger partial charge < -0.3 is 20.1 Å². The number of aliphatic hydroxyl groups is 1. The first kappa shape index (κ1) is 12.4. The van der Waals surface area contributed by atoms with Crippen LogP contribution in [0.25, 0.3) is 11.0 Å². The van der Waals surface area contributed by atoms with Crippen LogP contribution in [0.3, 0.4) is 0 Å². The number of ether oxygens (including phenoxy) is 1. The maximum absolute atomic E-state index is 11.5. The average Bonchev–Trinajstić information content (AvgIpc) is 2.66. The standard InChI is InChI=1S/C12H15N3O3/c1-2-18-12(17)6-15-10-4-3-8(13)5-9(10)14-11(15)7-16/h3-5,16H,2,6-7,13H2,1H3. The largest absolute Gasteiger partial charge is 0.465 e. The second-order valence-electron chi connectivity index (χ2n) is 3.83. The van der Waals surface area contributed by atoms with Gasteiger partial charge in [0.15, 0.2) is 0 Å². The molecule has 3 N–H and O–H groups in total. The highest BCUT2D eigenvalue weighted by atomic mass is 16.5. The second-order valence-corrected chi connectivity index (χ2v) is 3.83. The van der Waals surface area contributed by atoms with Crippen molar-refractivity contribution in [1.82, 2.24) is 9.55 Å². The summed E-state index contributed by atoms with van der Waals surface area (Å²) in [7, 11) is 0. The zero-order chi connectivity index (χ0) is 13.1. The first-order chi connectivity index (χ1) is 8.65. The van der Waals surface area contributed by atoms with Crippen LogP contribution in [0.1, 0.15) is 12.7 Å². The Labute approximate surface area is 104 Å². The normalized spacial score (nSPS) is 10.8. The van der Waals surface area contributed by atoms with E-state index in [1.807, 2.05) is 0 Å². The minimum Gasteiger partial charge on any atom is -0.465 e. The monoisotopic (exact) mass is 249 g/mol. The molecule has 0 fully saturated rings. The molecule has 18 heavy (non-hydrogen) atoms. The van der Waals surface area contributed by atoms with Crippen molar-refractivity contribution in [1.29, 1.82) is 0 Å². The summed E-state index contributed by atoms with van der Waals surface area (Å²) in [5.74, 6) is 0.0620. The van der Waals surface area contributed by atoms with Crippen LogP contribution in [0.5, 0.6) is 0 Å². The number of imidazole rings is 1. The first-order valence-corrected chi connectivity index (χ1v) is 5.66. The quantitative estimate of drug-likeness (QED) is 0.614. The van der Waals surface area contributed by atoms with E-state index in [0.29, 0.717) is 23.6 Å².